The molecule has 0 aliphatic rings. The van der Waals surface area contributed by atoms with Crippen LogP contribution in [0.4, 0.5) is 5.69 Å². The number of benzene rings is 3. The summed E-state index contributed by atoms with van der Waals surface area (Å²) >= 11 is 0. The topological polar surface area (TPSA) is 23.5 Å². The van der Waals surface area contributed by atoms with Crippen molar-refractivity contribution in [2.24, 2.45) is 0 Å². The first-order chi connectivity index (χ1) is 12.0. The van der Waals surface area contributed by atoms with E-state index in [1.165, 1.54) is 27.7 Å². The maximum Gasteiger partial charge on any atom is 0.123 e. The van der Waals surface area contributed by atoms with Gasteiger partial charge in [0.25, 0.3) is 0 Å². The first-order valence-electron chi connectivity index (χ1n) is 8.46. The van der Waals surface area contributed by atoms with Gasteiger partial charge in [-0.2, -0.15) is 0 Å². The Kier molecular flexibility index (Phi) is 5.40. The zero-order valence-corrected chi connectivity index (χ0v) is 16.0. The normalized spacial score (nSPS) is 11.2. The molecule has 0 aliphatic carbocycles. The molecule has 0 amide bonds. The molecule has 0 saturated heterocycles. The van der Waals surface area contributed by atoms with Crippen molar-refractivity contribution in [1.82, 2.24) is 0 Å². The predicted octanol–water partition coefficient (Wildman–Crippen LogP) is 4.27. The quantitative estimate of drug-likeness (QED) is 0.695. The molecule has 0 heterocycles. The summed E-state index contributed by atoms with van der Waals surface area (Å²) in [7, 11) is 2.57. The number of aromatic hydroxyl groups is 1. The van der Waals surface area contributed by atoms with Crippen LogP contribution in [0.25, 0.3) is 0 Å². The smallest absolute Gasteiger partial charge is 0.123 e. The Morgan fingerprint density at radius 1 is 0.920 bits per heavy atom. The minimum absolute atomic E-state index is 0.384. The van der Waals surface area contributed by atoms with Crippen LogP contribution in [0.15, 0.2) is 66.7 Å². The molecule has 1 atom stereocenters. The van der Waals surface area contributed by atoms with Gasteiger partial charge in [-0.05, 0) is 54.5 Å². The molecule has 1 N–H and O–H groups in total. The first kappa shape index (κ1) is 17.5. The summed E-state index contributed by atoms with van der Waals surface area (Å²) < 4.78 is 0. The van der Waals surface area contributed by atoms with Gasteiger partial charge in [-0.1, -0.05) is 56.6 Å². The molecule has 128 valence electrons. The van der Waals surface area contributed by atoms with Crippen LogP contribution in [0, 0.1) is 13.8 Å². The molecule has 3 aromatic rings. The van der Waals surface area contributed by atoms with Gasteiger partial charge in [0.05, 0.1) is 0 Å². The van der Waals surface area contributed by atoms with Crippen molar-refractivity contribution >= 4 is 24.9 Å². The fourth-order valence-electron chi connectivity index (χ4n) is 2.95. The number of hydrogen-bond acceptors (Lipinski definition) is 2. The van der Waals surface area contributed by atoms with Gasteiger partial charge in [0.1, 0.15) is 5.75 Å². The van der Waals surface area contributed by atoms with Gasteiger partial charge in [-0.3, -0.25) is 0 Å². The van der Waals surface area contributed by atoms with E-state index in [1.807, 2.05) is 12.1 Å². The zero-order valence-electron chi connectivity index (χ0n) is 15.0. The third-order valence-corrected chi connectivity index (χ3v) is 6.01. The summed E-state index contributed by atoms with van der Waals surface area (Å²) in [6, 6.07) is 22.7. The highest BCUT2D eigenvalue weighted by Gasteiger charge is 2.12. The van der Waals surface area contributed by atoms with Crippen molar-refractivity contribution in [3.8, 4) is 5.75 Å². The number of phenols is 1. The molecule has 3 heteroatoms. The number of phenolic OH excluding ortho intramolecular Hbond substituents is 1. The molecule has 0 aliphatic heterocycles. The Labute approximate surface area is 151 Å². The van der Waals surface area contributed by atoms with Crippen molar-refractivity contribution in [3.05, 3.63) is 83.4 Å². The predicted molar refractivity (Wildman–Crippen MR) is 110 cm³/mol. The molecule has 3 rings (SSSR count). The van der Waals surface area contributed by atoms with Crippen LogP contribution in [-0.4, -0.2) is 12.2 Å². The molecule has 2 nitrogen and oxygen atoms in total. The van der Waals surface area contributed by atoms with Gasteiger partial charge >= 0.3 is 0 Å². The Morgan fingerprint density at radius 2 is 1.68 bits per heavy atom. The van der Waals surface area contributed by atoms with E-state index >= 15 is 0 Å². The first-order valence-corrected chi connectivity index (χ1v) is 9.46. The van der Waals surface area contributed by atoms with Crippen LogP contribution in [0.3, 0.4) is 0 Å². The van der Waals surface area contributed by atoms with E-state index in [9.17, 15) is 5.11 Å². The number of para-hydroxylation sites is 1. The summed E-state index contributed by atoms with van der Waals surface area (Å²) in [4.78, 5) is 2.26. The van der Waals surface area contributed by atoms with E-state index < -0.39 is 0 Å². The van der Waals surface area contributed by atoms with Crippen LogP contribution in [0.2, 0.25) is 0 Å². The SMILES string of the molecule is Cc1ccc(O)c(Pc2c(C)cccc2CN(C)c2ccccc2)c1. The average Bonchev–Trinajstić information content (AvgIpc) is 2.61. The molecule has 0 fully saturated rings. The van der Waals surface area contributed by atoms with Gasteiger partial charge in [-0.15, -0.1) is 0 Å². The van der Waals surface area contributed by atoms with Crippen molar-refractivity contribution in [3.63, 3.8) is 0 Å². The molecular formula is C22H24NOP. The summed E-state index contributed by atoms with van der Waals surface area (Å²) in [5.41, 5.74) is 4.97. The maximum absolute atomic E-state index is 10.2. The molecule has 0 saturated carbocycles. The highest BCUT2D eigenvalue weighted by molar-refractivity contribution is 7.56. The monoisotopic (exact) mass is 349 g/mol. The third-order valence-electron chi connectivity index (χ3n) is 4.38. The maximum atomic E-state index is 10.2. The molecule has 0 radical (unpaired) electrons. The molecule has 25 heavy (non-hydrogen) atoms. The van der Waals surface area contributed by atoms with E-state index in [2.05, 4.69) is 74.3 Å². The lowest BCUT2D eigenvalue weighted by Crippen LogP contribution is -2.22. The van der Waals surface area contributed by atoms with Crippen LogP contribution < -0.4 is 15.5 Å². The average molecular weight is 349 g/mol. The second kappa shape index (κ2) is 7.72. The summed E-state index contributed by atoms with van der Waals surface area (Å²) in [5.74, 6) is 0.384. The number of aryl methyl sites for hydroxylation is 2. The van der Waals surface area contributed by atoms with Gasteiger partial charge in [0.15, 0.2) is 0 Å². The molecule has 0 spiro atoms. The molecule has 0 bridgehead atoms. The van der Waals surface area contributed by atoms with Gasteiger partial charge in [0.2, 0.25) is 0 Å². The molecule has 1 unspecified atom stereocenters. The molecular weight excluding hydrogens is 325 g/mol. The number of nitrogens with zero attached hydrogens (tertiary/aromatic N) is 1. The fraction of sp³-hybridized carbons (Fsp3) is 0.182. The lowest BCUT2D eigenvalue weighted by atomic mass is 10.1. The lowest BCUT2D eigenvalue weighted by Gasteiger charge is -2.22. The van der Waals surface area contributed by atoms with Gasteiger partial charge in [0, 0.05) is 24.6 Å². The van der Waals surface area contributed by atoms with E-state index in [1.54, 1.807) is 6.07 Å². The van der Waals surface area contributed by atoms with Crippen molar-refractivity contribution in [1.29, 1.82) is 0 Å². The lowest BCUT2D eigenvalue weighted by molar-refractivity contribution is 0.479. The Morgan fingerprint density at radius 3 is 2.44 bits per heavy atom. The second-order valence-corrected chi connectivity index (χ2v) is 7.73. The van der Waals surface area contributed by atoms with Crippen LogP contribution in [0.1, 0.15) is 16.7 Å². The van der Waals surface area contributed by atoms with Crippen molar-refractivity contribution in [2.45, 2.75) is 20.4 Å². The van der Waals surface area contributed by atoms with Crippen molar-refractivity contribution < 1.29 is 5.11 Å². The Hall–Kier alpha value is -2.31. The van der Waals surface area contributed by atoms with E-state index in [0.29, 0.717) is 14.3 Å². The van der Waals surface area contributed by atoms with Gasteiger partial charge in [-0.25, -0.2) is 0 Å². The second-order valence-electron chi connectivity index (χ2n) is 6.45. The minimum Gasteiger partial charge on any atom is -0.507 e. The highest BCUT2D eigenvalue weighted by atomic mass is 31.1. The Bertz CT molecular complexity index is 861. The van der Waals surface area contributed by atoms with Crippen LogP contribution in [-0.2, 0) is 6.54 Å². The Balaban J connectivity index is 1.91. The summed E-state index contributed by atoms with van der Waals surface area (Å²) in [6.45, 7) is 5.07. The zero-order chi connectivity index (χ0) is 17.8. The van der Waals surface area contributed by atoms with Crippen LogP contribution in [0.5, 0.6) is 5.75 Å². The standard InChI is InChI=1S/C22H24NOP/c1-16-12-13-20(24)21(14-16)25-22-17(2)8-7-9-18(22)15-23(3)19-10-5-4-6-11-19/h4-14,24-25H,15H2,1-3H3. The number of hydrogen-bond donors (Lipinski definition) is 1. The summed E-state index contributed by atoms with van der Waals surface area (Å²) in [5, 5.41) is 12.6. The van der Waals surface area contributed by atoms with Crippen LogP contribution >= 0.6 is 8.58 Å². The third kappa shape index (κ3) is 4.21. The fourth-order valence-corrected chi connectivity index (χ4v) is 4.34. The number of anilines is 1. The minimum atomic E-state index is 0.384. The number of rotatable bonds is 5. The van der Waals surface area contributed by atoms with E-state index in [-0.39, 0.29) is 0 Å². The van der Waals surface area contributed by atoms with E-state index in [4.69, 9.17) is 0 Å². The largest absolute Gasteiger partial charge is 0.507 e. The van der Waals surface area contributed by atoms with Crippen molar-refractivity contribution in [2.75, 3.05) is 11.9 Å². The van der Waals surface area contributed by atoms with Gasteiger partial charge < -0.3 is 10.0 Å². The van der Waals surface area contributed by atoms with E-state index in [0.717, 1.165) is 11.8 Å². The molecule has 0 aromatic heterocycles. The summed E-state index contributed by atoms with van der Waals surface area (Å²) in [6.07, 6.45) is 0. The highest BCUT2D eigenvalue weighted by Crippen LogP contribution is 2.24. The molecule has 3 aromatic carbocycles.